The average Bonchev–Trinajstić information content (AvgIpc) is 3.12. The highest BCUT2D eigenvalue weighted by atomic mass is 16.2. The molecule has 0 aliphatic carbocycles. The maximum absolute atomic E-state index is 12.8. The van der Waals surface area contributed by atoms with Gasteiger partial charge in [0.2, 0.25) is 5.91 Å². The fourth-order valence-corrected chi connectivity index (χ4v) is 4.01. The Bertz CT molecular complexity index is 1500. The third-order valence-corrected chi connectivity index (χ3v) is 5.63. The number of aromatic nitrogens is 4. The van der Waals surface area contributed by atoms with Gasteiger partial charge in [0.05, 0.1) is 16.4 Å². The van der Waals surface area contributed by atoms with Crippen LogP contribution in [0.2, 0.25) is 0 Å². The Labute approximate surface area is 194 Å². The van der Waals surface area contributed by atoms with Crippen molar-refractivity contribution in [2.24, 2.45) is 0 Å². The van der Waals surface area contributed by atoms with Gasteiger partial charge in [0.15, 0.2) is 5.69 Å². The molecule has 2 aromatic heterocycles. The quantitative estimate of drug-likeness (QED) is 0.406. The van der Waals surface area contributed by atoms with Crippen LogP contribution in [0.5, 0.6) is 0 Å². The zero-order valence-electron chi connectivity index (χ0n) is 19.1. The molecule has 176 valence electrons. The maximum atomic E-state index is 12.8. The lowest BCUT2D eigenvalue weighted by atomic mass is 10.1. The van der Waals surface area contributed by atoms with E-state index in [2.05, 4.69) is 16.0 Å². The van der Waals surface area contributed by atoms with Crippen molar-refractivity contribution < 1.29 is 9.59 Å². The molecule has 0 bridgehead atoms. The number of hydrazine groups is 1. The molecule has 0 saturated carbocycles. The summed E-state index contributed by atoms with van der Waals surface area (Å²) in [4.78, 5) is 50.5. The Morgan fingerprint density at radius 2 is 1.47 bits per heavy atom. The normalized spacial score (nSPS) is 11.1. The van der Waals surface area contributed by atoms with E-state index in [1.807, 2.05) is 31.2 Å². The molecule has 10 nitrogen and oxygen atoms in total. The van der Waals surface area contributed by atoms with Crippen LogP contribution in [-0.2, 0) is 24.4 Å². The van der Waals surface area contributed by atoms with Crippen molar-refractivity contribution in [1.82, 2.24) is 29.8 Å². The summed E-state index contributed by atoms with van der Waals surface area (Å²) in [6.45, 7) is 4.82. The molecule has 0 fully saturated rings. The molecular weight excluding hydrogens is 436 g/mol. The van der Waals surface area contributed by atoms with E-state index in [1.54, 1.807) is 40.3 Å². The van der Waals surface area contributed by atoms with Crippen LogP contribution in [0.15, 0.2) is 58.1 Å². The first-order valence-corrected chi connectivity index (χ1v) is 11.2. The van der Waals surface area contributed by atoms with Crippen molar-refractivity contribution in [2.45, 2.75) is 46.3 Å². The van der Waals surface area contributed by atoms with Gasteiger partial charge in [0.25, 0.3) is 11.5 Å². The number of carbonyl (C=O) groups excluding carboxylic acids is 2. The molecule has 2 amide bonds. The lowest BCUT2D eigenvalue weighted by molar-refractivity contribution is -0.122. The Hall–Kier alpha value is -4.21. The van der Waals surface area contributed by atoms with Crippen LogP contribution in [0.4, 0.5) is 0 Å². The molecule has 0 aliphatic rings. The second-order valence-electron chi connectivity index (χ2n) is 7.84. The number of nitrogens with one attached hydrogen (secondary N) is 2. The Kier molecular flexibility index (Phi) is 6.58. The topological polar surface area (TPSA) is 120 Å². The molecule has 0 unspecified atom stereocenters. The number of rotatable bonds is 7. The minimum absolute atomic E-state index is 0.0110. The standard InChI is InChI=1S/C24H26N6O4/c1-3-14-28-18-11-7-8-12-19(18)29(24(28)34)15-13-20(31)25-26-22(32)21-16-9-5-6-10-17(16)23(33)30(4-2)27-21/h5-12H,3-4,13-15H2,1-2H3,(H,25,31)(H,26,32). The summed E-state index contributed by atoms with van der Waals surface area (Å²) in [5, 5.41) is 4.92. The van der Waals surface area contributed by atoms with Gasteiger partial charge < -0.3 is 0 Å². The Balaban J connectivity index is 1.47. The van der Waals surface area contributed by atoms with Crippen molar-refractivity contribution in [2.75, 3.05) is 0 Å². The minimum Gasteiger partial charge on any atom is -0.292 e. The van der Waals surface area contributed by atoms with Gasteiger partial charge in [-0.25, -0.2) is 9.48 Å². The number of hydrogen-bond acceptors (Lipinski definition) is 5. The third kappa shape index (κ3) is 4.21. The molecule has 0 atom stereocenters. The van der Waals surface area contributed by atoms with E-state index in [-0.39, 0.29) is 29.9 Å². The van der Waals surface area contributed by atoms with Crippen molar-refractivity contribution in [3.05, 3.63) is 75.1 Å². The number of amides is 2. The van der Waals surface area contributed by atoms with E-state index in [9.17, 15) is 19.2 Å². The third-order valence-electron chi connectivity index (χ3n) is 5.63. The summed E-state index contributed by atoms with van der Waals surface area (Å²) >= 11 is 0. The van der Waals surface area contributed by atoms with Gasteiger partial charge in [-0.15, -0.1) is 0 Å². The largest absolute Gasteiger partial charge is 0.329 e. The SMILES string of the molecule is CCCn1c(=O)n(CCC(=O)NNC(=O)c2nn(CC)c(=O)c3ccccc23)c2ccccc21. The molecule has 0 radical (unpaired) electrons. The molecule has 10 heteroatoms. The van der Waals surface area contributed by atoms with E-state index >= 15 is 0 Å². The number of benzene rings is 2. The number of aryl methyl sites for hydroxylation is 3. The monoisotopic (exact) mass is 462 g/mol. The zero-order chi connectivity index (χ0) is 24.2. The van der Waals surface area contributed by atoms with Crippen LogP contribution >= 0.6 is 0 Å². The van der Waals surface area contributed by atoms with E-state index in [1.165, 1.54) is 4.68 Å². The molecule has 0 aliphatic heterocycles. The highest BCUT2D eigenvalue weighted by Crippen LogP contribution is 2.14. The average molecular weight is 463 g/mol. The molecule has 34 heavy (non-hydrogen) atoms. The maximum Gasteiger partial charge on any atom is 0.329 e. The summed E-state index contributed by atoms with van der Waals surface area (Å²) in [7, 11) is 0. The molecule has 2 aromatic carbocycles. The van der Waals surface area contributed by atoms with Crippen molar-refractivity contribution in [3.8, 4) is 0 Å². The zero-order valence-corrected chi connectivity index (χ0v) is 19.1. The van der Waals surface area contributed by atoms with Gasteiger partial charge in [-0.3, -0.25) is 34.4 Å². The molecular formula is C24H26N6O4. The Morgan fingerprint density at radius 1 is 0.853 bits per heavy atom. The highest BCUT2D eigenvalue weighted by Gasteiger charge is 2.17. The van der Waals surface area contributed by atoms with Gasteiger partial charge in [-0.05, 0) is 31.5 Å². The molecule has 4 aromatic rings. The van der Waals surface area contributed by atoms with Crippen LogP contribution in [0.1, 0.15) is 37.2 Å². The van der Waals surface area contributed by atoms with E-state index < -0.39 is 11.8 Å². The summed E-state index contributed by atoms with van der Waals surface area (Å²) < 4.78 is 4.48. The Morgan fingerprint density at radius 3 is 2.12 bits per heavy atom. The van der Waals surface area contributed by atoms with E-state index in [4.69, 9.17) is 0 Å². The first-order chi connectivity index (χ1) is 16.5. The molecule has 0 saturated heterocycles. The van der Waals surface area contributed by atoms with Crippen LogP contribution in [0.3, 0.4) is 0 Å². The summed E-state index contributed by atoms with van der Waals surface area (Å²) in [6, 6.07) is 14.2. The van der Waals surface area contributed by atoms with Crippen LogP contribution in [0, 0.1) is 0 Å². The van der Waals surface area contributed by atoms with Crippen LogP contribution in [-0.4, -0.2) is 30.7 Å². The highest BCUT2D eigenvalue weighted by molar-refractivity contribution is 6.05. The number of imidazole rings is 1. The van der Waals surface area contributed by atoms with E-state index in [0.29, 0.717) is 23.9 Å². The predicted octanol–water partition coefficient (Wildman–Crippen LogP) is 1.79. The fourth-order valence-electron chi connectivity index (χ4n) is 4.01. The smallest absolute Gasteiger partial charge is 0.292 e. The van der Waals surface area contributed by atoms with Gasteiger partial charge >= 0.3 is 5.69 Å². The van der Waals surface area contributed by atoms with Crippen molar-refractivity contribution in [3.63, 3.8) is 0 Å². The van der Waals surface area contributed by atoms with Gasteiger partial charge in [0, 0.05) is 31.4 Å². The van der Waals surface area contributed by atoms with Crippen molar-refractivity contribution >= 4 is 33.6 Å². The van der Waals surface area contributed by atoms with Crippen LogP contribution in [0.25, 0.3) is 21.8 Å². The van der Waals surface area contributed by atoms with Gasteiger partial charge in [-0.1, -0.05) is 37.3 Å². The molecule has 2 N–H and O–H groups in total. The number of para-hydroxylation sites is 2. The summed E-state index contributed by atoms with van der Waals surface area (Å²) in [6.07, 6.45) is 0.803. The summed E-state index contributed by atoms with van der Waals surface area (Å²) in [5.74, 6) is -1.09. The van der Waals surface area contributed by atoms with E-state index in [0.717, 1.165) is 17.5 Å². The fraction of sp³-hybridized carbons (Fsp3) is 0.292. The lowest BCUT2D eigenvalue weighted by Gasteiger charge is -2.11. The van der Waals surface area contributed by atoms with Gasteiger partial charge in [0.1, 0.15) is 0 Å². The predicted molar refractivity (Wildman–Crippen MR) is 128 cm³/mol. The molecule has 4 rings (SSSR count). The molecule has 0 spiro atoms. The second-order valence-corrected chi connectivity index (χ2v) is 7.84. The number of hydrogen-bond donors (Lipinski definition) is 2. The molecule has 2 heterocycles. The van der Waals surface area contributed by atoms with Crippen LogP contribution < -0.4 is 22.1 Å². The summed E-state index contributed by atoms with van der Waals surface area (Å²) in [5.41, 5.74) is 5.91. The second kappa shape index (κ2) is 9.74. The lowest BCUT2D eigenvalue weighted by Crippen LogP contribution is -2.43. The van der Waals surface area contributed by atoms with Gasteiger partial charge in [-0.2, -0.15) is 5.10 Å². The number of nitrogens with zero attached hydrogens (tertiary/aromatic N) is 4. The first kappa shape index (κ1) is 23.0. The van der Waals surface area contributed by atoms with Crippen molar-refractivity contribution in [1.29, 1.82) is 0 Å². The number of fused-ring (bicyclic) bond motifs is 2. The minimum atomic E-state index is -0.636. The number of carbonyl (C=O) groups is 2. The first-order valence-electron chi connectivity index (χ1n) is 11.2.